The lowest BCUT2D eigenvalue weighted by atomic mass is 9.70. The van der Waals surface area contributed by atoms with E-state index in [9.17, 15) is 26.3 Å². The number of aryl methyl sites for hydroxylation is 1. The fourth-order valence-electron chi connectivity index (χ4n) is 4.67. The molecule has 0 aliphatic heterocycles. The molecule has 0 unspecified atom stereocenters. The van der Waals surface area contributed by atoms with Crippen molar-refractivity contribution in [1.29, 1.82) is 0 Å². The van der Waals surface area contributed by atoms with Gasteiger partial charge in [-0.15, -0.1) is 26.3 Å². The lowest BCUT2D eigenvalue weighted by Crippen LogP contribution is -2.41. The van der Waals surface area contributed by atoms with Gasteiger partial charge in [-0.05, 0) is 71.5 Å². The second kappa shape index (κ2) is 12.0. The van der Waals surface area contributed by atoms with Gasteiger partial charge in [-0.3, -0.25) is 4.98 Å². The fraction of sp³-hybridized carbons (Fsp3) is 0.233. The standard InChI is InChI=1S/C30H26F6N2O2/c1-21-18-37-14-13-23(21)19-38-20-28(17-22-7-3-2-4-8-22,24-9-5-11-26(15-24)39-29(31,32)33)25-10-6-12-27(16-25)40-30(34,35)36/h2-16,18,38H,17,19-20H2,1H3. The van der Waals surface area contributed by atoms with Crippen LogP contribution in [0.25, 0.3) is 0 Å². The van der Waals surface area contributed by atoms with Gasteiger partial charge in [-0.2, -0.15) is 0 Å². The number of rotatable bonds is 10. The van der Waals surface area contributed by atoms with Crippen molar-refractivity contribution in [2.24, 2.45) is 0 Å². The van der Waals surface area contributed by atoms with Crippen LogP contribution >= 0.6 is 0 Å². The molecular weight excluding hydrogens is 534 g/mol. The predicted molar refractivity (Wildman–Crippen MR) is 138 cm³/mol. The average Bonchev–Trinajstić information content (AvgIpc) is 2.88. The molecule has 4 nitrogen and oxygen atoms in total. The van der Waals surface area contributed by atoms with Crippen molar-refractivity contribution in [3.63, 3.8) is 0 Å². The van der Waals surface area contributed by atoms with Crippen LogP contribution in [0.1, 0.15) is 27.8 Å². The number of nitrogens with one attached hydrogen (secondary N) is 1. The normalized spacial score (nSPS) is 12.3. The molecule has 3 aromatic carbocycles. The minimum Gasteiger partial charge on any atom is -0.406 e. The maximum atomic E-state index is 13.1. The van der Waals surface area contributed by atoms with E-state index in [0.717, 1.165) is 16.7 Å². The molecule has 210 valence electrons. The van der Waals surface area contributed by atoms with Gasteiger partial charge in [0.05, 0.1) is 0 Å². The Morgan fingerprint density at radius 1 is 0.725 bits per heavy atom. The largest absolute Gasteiger partial charge is 0.573 e. The highest BCUT2D eigenvalue weighted by Crippen LogP contribution is 2.40. The molecule has 1 N–H and O–H groups in total. The SMILES string of the molecule is Cc1cnccc1CNCC(Cc1ccccc1)(c1cccc(OC(F)(F)F)c1)c1cccc(OC(F)(F)F)c1. The first-order valence-corrected chi connectivity index (χ1v) is 12.3. The predicted octanol–water partition coefficient (Wildman–Crippen LogP) is 7.51. The first-order chi connectivity index (χ1) is 18.9. The Kier molecular flexibility index (Phi) is 8.68. The van der Waals surface area contributed by atoms with E-state index in [2.05, 4.69) is 19.8 Å². The Labute approximate surface area is 227 Å². The first-order valence-electron chi connectivity index (χ1n) is 12.3. The van der Waals surface area contributed by atoms with Crippen molar-refractivity contribution in [2.45, 2.75) is 38.0 Å². The highest BCUT2D eigenvalue weighted by molar-refractivity contribution is 5.47. The third-order valence-corrected chi connectivity index (χ3v) is 6.47. The zero-order valence-electron chi connectivity index (χ0n) is 21.4. The third kappa shape index (κ3) is 7.75. The lowest BCUT2D eigenvalue weighted by Gasteiger charge is -2.36. The van der Waals surface area contributed by atoms with Crippen LogP contribution in [-0.2, 0) is 18.4 Å². The minimum atomic E-state index is -4.92. The Bertz CT molecular complexity index is 1350. The second-order valence-corrected chi connectivity index (χ2v) is 9.30. The molecule has 1 heterocycles. The molecule has 0 radical (unpaired) electrons. The van der Waals surface area contributed by atoms with Gasteiger partial charge in [0, 0.05) is 30.9 Å². The molecular formula is C30H26F6N2O2. The number of aromatic nitrogens is 1. The summed E-state index contributed by atoms with van der Waals surface area (Å²) >= 11 is 0. The Morgan fingerprint density at radius 3 is 1.82 bits per heavy atom. The average molecular weight is 561 g/mol. The summed E-state index contributed by atoms with van der Waals surface area (Å²) in [4.78, 5) is 4.09. The number of halogens is 6. The summed E-state index contributed by atoms with van der Waals surface area (Å²) in [6.45, 7) is 2.45. The Balaban J connectivity index is 1.85. The van der Waals surface area contributed by atoms with Gasteiger partial charge in [-0.1, -0.05) is 54.6 Å². The van der Waals surface area contributed by atoms with E-state index in [4.69, 9.17) is 0 Å². The van der Waals surface area contributed by atoms with Crippen LogP contribution in [0.4, 0.5) is 26.3 Å². The lowest BCUT2D eigenvalue weighted by molar-refractivity contribution is -0.275. The fourth-order valence-corrected chi connectivity index (χ4v) is 4.67. The van der Waals surface area contributed by atoms with E-state index < -0.39 is 29.6 Å². The first kappa shape index (κ1) is 28.9. The molecule has 0 saturated heterocycles. The number of nitrogens with zero attached hydrogens (tertiary/aromatic N) is 1. The number of benzene rings is 3. The van der Waals surface area contributed by atoms with Crippen LogP contribution in [0.5, 0.6) is 11.5 Å². The second-order valence-electron chi connectivity index (χ2n) is 9.30. The maximum absolute atomic E-state index is 13.1. The van der Waals surface area contributed by atoms with Crippen molar-refractivity contribution in [1.82, 2.24) is 10.3 Å². The zero-order valence-corrected chi connectivity index (χ0v) is 21.4. The number of hydrogen-bond acceptors (Lipinski definition) is 4. The molecule has 0 fully saturated rings. The molecule has 0 amide bonds. The minimum absolute atomic E-state index is 0.161. The molecule has 0 spiro atoms. The molecule has 10 heteroatoms. The van der Waals surface area contributed by atoms with Crippen LogP contribution in [0, 0.1) is 6.92 Å². The van der Waals surface area contributed by atoms with E-state index in [1.54, 1.807) is 24.5 Å². The van der Waals surface area contributed by atoms with Crippen molar-refractivity contribution < 1.29 is 35.8 Å². The number of ether oxygens (including phenoxy) is 2. The highest BCUT2D eigenvalue weighted by atomic mass is 19.4. The number of pyridine rings is 1. The summed E-state index contributed by atoms with van der Waals surface area (Å²) in [5.41, 5.74) is 2.42. The van der Waals surface area contributed by atoms with Crippen molar-refractivity contribution in [3.8, 4) is 11.5 Å². The molecule has 0 aliphatic carbocycles. The van der Waals surface area contributed by atoms with E-state index in [0.29, 0.717) is 17.7 Å². The Hall–Kier alpha value is -4.05. The van der Waals surface area contributed by atoms with E-state index in [-0.39, 0.29) is 13.0 Å². The van der Waals surface area contributed by atoms with Crippen LogP contribution in [-0.4, -0.2) is 24.3 Å². The van der Waals surface area contributed by atoms with Gasteiger partial charge in [0.2, 0.25) is 0 Å². The molecule has 0 atom stereocenters. The number of hydrogen-bond donors (Lipinski definition) is 1. The van der Waals surface area contributed by atoms with Gasteiger partial charge in [0.15, 0.2) is 0 Å². The van der Waals surface area contributed by atoms with Gasteiger partial charge in [0.1, 0.15) is 11.5 Å². The third-order valence-electron chi connectivity index (χ3n) is 6.47. The van der Waals surface area contributed by atoms with Crippen LogP contribution < -0.4 is 14.8 Å². The van der Waals surface area contributed by atoms with Crippen molar-refractivity contribution in [3.05, 3.63) is 125 Å². The van der Waals surface area contributed by atoms with Gasteiger partial charge in [-0.25, -0.2) is 0 Å². The van der Waals surface area contributed by atoms with Crippen molar-refractivity contribution >= 4 is 0 Å². The van der Waals surface area contributed by atoms with Crippen LogP contribution in [0.2, 0.25) is 0 Å². The van der Waals surface area contributed by atoms with E-state index >= 15 is 0 Å². The monoisotopic (exact) mass is 560 g/mol. The summed E-state index contributed by atoms with van der Waals surface area (Å²) in [7, 11) is 0. The van der Waals surface area contributed by atoms with Crippen molar-refractivity contribution in [2.75, 3.05) is 6.54 Å². The topological polar surface area (TPSA) is 43.4 Å². The Morgan fingerprint density at radius 2 is 1.30 bits per heavy atom. The number of alkyl halides is 6. The molecule has 4 rings (SSSR count). The van der Waals surface area contributed by atoms with Gasteiger partial charge in [0.25, 0.3) is 0 Å². The summed E-state index contributed by atoms with van der Waals surface area (Å²) in [6, 6.07) is 22.1. The summed E-state index contributed by atoms with van der Waals surface area (Å²) in [5, 5.41) is 3.38. The van der Waals surface area contributed by atoms with Gasteiger partial charge < -0.3 is 14.8 Å². The van der Waals surface area contributed by atoms with E-state index in [1.165, 1.54) is 36.4 Å². The molecule has 0 bridgehead atoms. The van der Waals surface area contributed by atoms with E-state index in [1.807, 2.05) is 43.3 Å². The highest BCUT2D eigenvalue weighted by Gasteiger charge is 2.38. The quantitative estimate of drug-likeness (QED) is 0.204. The smallest absolute Gasteiger partial charge is 0.406 e. The van der Waals surface area contributed by atoms with Crippen LogP contribution in [0.3, 0.4) is 0 Å². The zero-order chi connectivity index (χ0) is 28.8. The summed E-state index contributed by atoms with van der Waals surface area (Å²) in [6.07, 6.45) is -6.22. The molecule has 0 aliphatic rings. The van der Waals surface area contributed by atoms with Crippen LogP contribution in [0.15, 0.2) is 97.3 Å². The maximum Gasteiger partial charge on any atom is 0.573 e. The molecule has 1 aromatic heterocycles. The molecule has 0 saturated carbocycles. The van der Waals surface area contributed by atoms with Gasteiger partial charge >= 0.3 is 12.7 Å². The summed E-state index contributed by atoms with van der Waals surface area (Å²) in [5.74, 6) is -0.870. The summed E-state index contributed by atoms with van der Waals surface area (Å²) < 4.78 is 87.1. The molecule has 4 aromatic rings. The molecule has 40 heavy (non-hydrogen) atoms.